The molecule has 0 spiro atoms. The lowest BCUT2D eigenvalue weighted by Gasteiger charge is -2.04. The standard InChI is InChI=1S/C14H19N3/c1-14(2)8-13(14)15-9-11-10-6-4-5-7-12(10)17(3)16-11/h4-7,13,15H,8-9H2,1-3H3. The average molecular weight is 229 g/mol. The van der Waals surface area contributed by atoms with Crippen molar-refractivity contribution in [1.82, 2.24) is 15.1 Å². The lowest BCUT2D eigenvalue weighted by atomic mass is 10.2. The van der Waals surface area contributed by atoms with Gasteiger partial charge in [0.25, 0.3) is 0 Å². The molecule has 1 heterocycles. The highest BCUT2D eigenvalue weighted by atomic mass is 15.3. The Balaban J connectivity index is 1.81. The van der Waals surface area contributed by atoms with Gasteiger partial charge in [-0.05, 0) is 17.9 Å². The highest BCUT2D eigenvalue weighted by molar-refractivity contribution is 5.81. The Bertz CT molecular complexity index is 554. The second-order valence-electron chi connectivity index (χ2n) is 5.71. The smallest absolute Gasteiger partial charge is 0.0841 e. The van der Waals surface area contributed by atoms with Crippen LogP contribution in [0.3, 0.4) is 0 Å². The van der Waals surface area contributed by atoms with E-state index in [1.165, 1.54) is 17.3 Å². The number of hydrogen-bond donors (Lipinski definition) is 1. The first-order chi connectivity index (χ1) is 8.08. The van der Waals surface area contributed by atoms with E-state index in [4.69, 9.17) is 0 Å². The number of hydrogen-bond acceptors (Lipinski definition) is 2. The van der Waals surface area contributed by atoms with E-state index in [1.807, 2.05) is 11.7 Å². The van der Waals surface area contributed by atoms with Gasteiger partial charge in [0, 0.05) is 25.0 Å². The van der Waals surface area contributed by atoms with Crippen molar-refractivity contribution in [2.45, 2.75) is 32.9 Å². The molecular formula is C14H19N3. The second-order valence-corrected chi connectivity index (χ2v) is 5.71. The summed E-state index contributed by atoms with van der Waals surface area (Å²) in [6, 6.07) is 9.06. The Labute approximate surface area is 102 Å². The van der Waals surface area contributed by atoms with Crippen LogP contribution in [-0.2, 0) is 13.6 Å². The van der Waals surface area contributed by atoms with Gasteiger partial charge in [0.15, 0.2) is 0 Å². The van der Waals surface area contributed by atoms with Gasteiger partial charge in [-0.2, -0.15) is 5.10 Å². The van der Waals surface area contributed by atoms with E-state index in [-0.39, 0.29) is 0 Å². The highest BCUT2D eigenvalue weighted by Crippen LogP contribution is 2.44. The zero-order chi connectivity index (χ0) is 12.0. The molecule has 1 aliphatic rings. The summed E-state index contributed by atoms with van der Waals surface area (Å²) in [6.07, 6.45) is 1.28. The van der Waals surface area contributed by atoms with Gasteiger partial charge in [0.05, 0.1) is 11.2 Å². The summed E-state index contributed by atoms with van der Waals surface area (Å²) in [5.41, 5.74) is 2.84. The predicted molar refractivity (Wildman–Crippen MR) is 69.7 cm³/mol. The first kappa shape index (κ1) is 10.8. The quantitative estimate of drug-likeness (QED) is 0.876. The van der Waals surface area contributed by atoms with Crippen LogP contribution in [0, 0.1) is 5.41 Å². The maximum atomic E-state index is 4.59. The molecule has 0 aliphatic heterocycles. The van der Waals surface area contributed by atoms with Gasteiger partial charge in [-0.1, -0.05) is 32.0 Å². The van der Waals surface area contributed by atoms with Gasteiger partial charge >= 0.3 is 0 Å². The van der Waals surface area contributed by atoms with Gasteiger partial charge in [0.2, 0.25) is 0 Å². The van der Waals surface area contributed by atoms with Gasteiger partial charge < -0.3 is 5.32 Å². The van der Waals surface area contributed by atoms with E-state index in [9.17, 15) is 0 Å². The number of nitrogens with one attached hydrogen (secondary N) is 1. The topological polar surface area (TPSA) is 29.9 Å². The van der Waals surface area contributed by atoms with Crippen LogP contribution >= 0.6 is 0 Å². The van der Waals surface area contributed by atoms with Gasteiger partial charge in [0.1, 0.15) is 0 Å². The Kier molecular flexibility index (Phi) is 2.26. The van der Waals surface area contributed by atoms with Crippen LogP contribution in [0.4, 0.5) is 0 Å². The minimum Gasteiger partial charge on any atom is -0.308 e. The summed E-state index contributed by atoms with van der Waals surface area (Å²) in [5, 5.41) is 9.45. The lowest BCUT2D eigenvalue weighted by Crippen LogP contribution is -2.20. The molecule has 2 aromatic rings. The van der Waals surface area contributed by atoms with Crippen LogP contribution in [0.2, 0.25) is 0 Å². The number of aromatic nitrogens is 2. The van der Waals surface area contributed by atoms with Crippen LogP contribution in [0.25, 0.3) is 10.9 Å². The average Bonchev–Trinajstić information content (AvgIpc) is 2.78. The zero-order valence-corrected chi connectivity index (χ0v) is 10.7. The molecular weight excluding hydrogens is 210 g/mol. The van der Waals surface area contributed by atoms with Crippen molar-refractivity contribution in [3.05, 3.63) is 30.0 Å². The summed E-state index contributed by atoms with van der Waals surface area (Å²) in [6.45, 7) is 5.48. The van der Waals surface area contributed by atoms with E-state index in [0.717, 1.165) is 12.2 Å². The van der Waals surface area contributed by atoms with Crippen molar-refractivity contribution in [1.29, 1.82) is 0 Å². The SMILES string of the molecule is Cn1nc(CNC2CC2(C)C)c2ccccc21. The normalized spacial score (nSPS) is 21.9. The fourth-order valence-electron chi connectivity index (χ4n) is 2.45. The van der Waals surface area contributed by atoms with Gasteiger partial charge in [-0.25, -0.2) is 0 Å². The monoisotopic (exact) mass is 229 g/mol. The third kappa shape index (κ3) is 1.84. The number of rotatable bonds is 3. The Hall–Kier alpha value is -1.35. The molecule has 0 radical (unpaired) electrons. The summed E-state index contributed by atoms with van der Waals surface area (Å²) in [7, 11) is 2.01. The molecule has 90 valence electrons. The van der Waals surface area contributed by atoms with Crippen LogP contribution < -0.4 is 5.32 Å². The molecule has 3 nitrogen and oxygen atoms in total. The van der Waals surface area contributed by atoms with E-state index in [1.54, 1.807) is 0 Å². The summed E-state index contributed by atoms with van der Waals surface area (Å²) < 4.78 is 1.96. The highest BCUT2D eigenvalue weighted by Gasteiger charge is 2.45. The lowest BCUT2D eigenvalue weighted by molar-refractivity contribution is 0.537. The molecule has 0 amide bonds. The predicted octanol–water partition coefficient (Wildman–Crippen LogP) is 2.46. The van der Waals surface area contributed by atoms with Gasteiger partial charge in [-0.3, -0.25) is 4.68 Å². The number of para-hydroxylation sites is 1. The van der Waals surface area contributed by atoms with E-state index in [0.29, 0.717) is 11.5 Å². The molecule has 1 N–H and O–H groups in total. The van der Waals surface area contributed by atoms with Crippen molar-refractivity contribution < 1.29 is 0 Å². The second kappa shape index (κ2) is 3.57. The third-order valence-corrected chi connectivity index (χ3v) is 3.86. The first-order valence-electron chi connectivity index (χ1n) is 6.22. The van der Waals surface area contributed by atoms with Crippen molar-refractivity contribution in [2.75, 3.05) is 0 Å². The van der Waals surface area contributed by atoms with E-state index < -0.39 is 0 Å². The molecule has 17 heavy (non-hydrogen) atoms. The Morgan fingerprint density at radius 3 is 2.82 bits per heavy atom. The molecule has 1 aromatic carbocycles. The molecule has 1 atom stereocenters. The molecule has 1 unspecified atom stereocenters. The minimum atomic E-state index is 0.477. The summed E-state index contributed by atoms with van der Waals surface area (Å²) >= 11 is 0. The van der Waals surface area contributed by atoms with Crippen LogP contribution in [-0.4, -0.2) is 15.8 Å². The number of nitrogens with zero attached hydrogens (tertiary/aromatic N) is 2. The number of aryl methyl sites for hydroxylation is 1. The largest absolute Gasteiger partial charge is 0.308 e. The van der Waals surface area contributed by atoms with Crippen LogP contribution in [0.1, 0.15) is 26.0 Å². The molecule has 0 saturated heterocycles. The van der Waals surface area contributed by atoms with Crippen molar-refractivity contribution in [3.8, 4) is 0 Å². The molecule has 3 heteroatoms. The molecule has 1 aliphatic carbocycles. The van der Waals surface area contributed by atoms with E-state index in [2.05, 4.69) is 48.5 Å². The third-order valence-electron chi connectivity index (χ3n) is 3.86. The van der Waals surface area contributed by atoms with Crippen molar-refractivity contribution >= 4 is 10.9 Å². The number of benzene rings is 1. The first-order valence-corrected chi connectivity index (χ1v) is 6.22. The van der Waals surface area contributed by atoms with E-state index >= 15 is 0 Å². The molecule has 3 rings (SSSR count). The van der Waals surface area contributed by atoms with Gasteiger partial charge in [-0.15, -0.1) is 0 Å². The fourth-order valence-corrected chi connectivity index (χ4v) is 2.45. The molecule has 1 saturated carbocycles. The molecule has 1 fully saturated rings. The zero-order valence-electron chi connectivity index (χ0n) is 10.7. The Morgan fingerprint density at radius 2 is 2.12 bits per heavy atom. The molecule has 0 bridgehead atoms. The molecule has 1 aromatic heterocycles. The fraction of sp³-hybridized carbons (Fsp3) is 0.500. The Morgan fingerprint density at radius 1 is 1.41 bits per heavy atom. The van der Waals surface area contributed by atoms with Crippen molar-refractivity contribution in [3.63, 3.8) is 0 Å². The van der Waals surface area contributed by atoms with Crippen LogP contribution in [0.5, 0.6) is 0 Å². The van der Waals surface area contributed by atoms with Crippen molar-refractivity contribution in [2.24, 2.45) is 12.5 Å². The van der Waals surface area contributed by atoms with Crippen LogP contribution in [0.15, 0.2) is 24.3 Å². The summed E-state index contributed by atoms with van der Waals surface area (Å²) in [5.74, 6) is 0. The number of fused-ring (bicyclic) bond motifs is 1. The minimum absolute atomic E-state index is 0.477. The summed E-state index contributed by atoms with van der Waals surface area (Å²) in [4.78, 5) is 0. The maximum Gasteiger partial charge on any atom is 0.0841 e. The maximum absolute atomic E-state index is 4.59.